The van der Waals surface area contributed by atoms with Crippen molar-refractivity contribution < 1.29 is 29.2 Å². The van der Waals surface area contributed by atoms with E-state index < -0.39 is 5.60 Å². The summed E-state index contributed by atoms with van der Waals surface area (Å²) < 4.78 is 21.1. The highest BCUT2D eigenvalue weighted by molar-refractivity contribution is 4.91. The van der Waals surface area contributed by atoms with Gasteiger partial charge in [-0.05, 0) is 12.8 Å². The van der Waals surface area contributed by atoms with E-state index in [9.17, 15) is 5.11 Å². The Morgan fingerprint density at radius 2 is 1.14 bits per heavy atom. The molecule has 130 valence electrons. The normalized spacial score (nSPS) is 11.5. The molecule has 0 aliphatic carbocycles. The van der Waals surface area contributed by atoms with E-state index in [4.69, 9.17) is 24.1 Å². The third-order valence-corrected chi connectivity index (χ3v) is 2.77. The smallest absolute Gasteiger partial charge is 0.0948 e. The summed E-state index contributed by atoms with van der Waals surface area (Å²) in [6.07, 6.45) is 4.27. The Labute approximate surface area is 133 Å². The van der Waals surface area contributed by atoms with Crippen LogP contribution in [0.15, 0.2) is 25.3 Å². The third-order valence-electron chi connectivity index (χ3n) is 2.77. The molecule has 0 aliphatic heterocycles. The van der Waals surface area contributed by atoms with Crippen molar-refractivity contribution in [2.24, 2.45) is 0 Å². The average molecular weight is 318 g/mol. The second-order valence-electron chi connectivity index (χ2n) is 4.82. The van der Waals surface area contributed by atoms with Crippen LogP contribution in [0, 0.1) is 0 Å². The van der Waals surface area contributed by atoms with Crippen molar-refractivity contribution in [3.05, 3.63) is 25.3 Å². The van der Waals surface area contributed by atoms with E-state index in [1.54, 1.807) is 12.2 Å². The molecule has 2 N–H and O–H groups in total. The largest absolute Gasteiger partial charge is 0.394 e. The lowest BCUT2D eigenvalue weighted by atomic mass is 9.97. The molecule has 0 aromatic rings. The zero-order chi connectivity index (χ0) is 16.5. The Bertz CT molecular complexity index is 259. The summed E-state index contributed by atoms with van der Waals surface area (Å²) in [6.45, 7) is 10.6. The van der Waals surface area contributed by atoms with Crippen molar-refractivity contribution in [3.8, 4) is 0 Å². The van der Waals surface area contributed by atoms with E-state index in [-0.39, 0.29) is 13.2 Å². The van der Waals surface area contributed by atoms with E-state index in [0.717, 1.165) is 0 Å². The molecule has 0 fully saturated rings. The maximum atomic E-state index is 10.2. The lowest BCUT2D eigenvalue weighted by Gasteiger charge is -2.25. The van der Waals surface area contributed by atoms with Gasteiger partial charge in [-0.15, -0.1) is 13.2 Å². The maximum absolute atomic E-state index is 10.2. The van der Waals surface area contributed by atoms with Crippen molar-refractivity contribution in [2.45, 2.75) is 18.4 Å². The van der Waals surface area contributed by atoms with Crippen LogP contribution in [0.25, 0.3) is 0 Å². The molecule has 0 unspecified atom stereocenters. The lowest BCUT2D eigenvalue weighted by molar-refractivity contribution is -0.0589. The highest BCUT2D eigenvalue weighted by Gasteiger charge is 2.23. The molecule has 0 aliphatic rings. The monoisotopic (exact) mass is 318 g/mol. The SMILES string of the molecule is C=CCC(O)(CC=C)COCCOCCOCCOCCO. The molecule has 0 spiro atoms. The summed E-state index contributed by atoms with van der Waals surface area (Å²) in [7, 11) is 0. The van der Waals surface area contributed by atoms with Crippen LogP contribution < -0.4 is 0 Å². The first kappa shape index (κ1) is 21.2. The highest BCUT2D eigenvalue weighted by Crippen LogP contribution is 2.16. The molecule has 6 nitrogen and oxygen atoms in total. The van der Waals surface area contributed by atoms with Crippen LogP contribution in [0.4, 0.5) is 0 Å². The Morgan fingerprint density at radius 1 is 0.727 bits per heavy atom. The highest BCUT2D eigenvalue weighted by atomic mass is 16.6. The average Bonchev–Trinajstić information content (AvgIpc) is 2.49. The van der Waals surface area contributed by atoms with Crippen molar-refractivity contribution in [1.82, 2.24) is 0 Å². The summed E-state index contributed by atoms with van der Waals surface area (Å²) in [6, 6.07) is 0. The fraction of sp³-hybridized carbons (Fsp3) is 0.750. The van der Waals surface area contributed by atoms with Gasteiger partial charge in [-0.25, -0.2) is 0 Å². The molecule has 0 heterocycles. The maximum Gasteiger partial charge on any atom is 0.0948 e. The van der Waals surface area contributed by atoms with Crippen LogP contribution in [0.2, 0.25) is 0 Å². The van der Waals surface area contributed by atoms with E-state index >= 15 is 0 Å². The fourth-order valence-electron chi connectivity index (χ4n) is 1.72. The van der Waals surface area contributed by atoms with Gasteiger partial charge in [-0.3, -0.25) is 0 Å². The molecule has 0 rings (SSSR count). The molecule has 0 aromatic carbocycles. The van der Waals surface area contributed by atoms with E-state index in [2.05, 4.69) is 13.2 Å². The first-order valence-corrected chi connectivity index (χ1v) is 7.54. The third kappa shape index (κ3) is 12.9. The number of aliphatic hydroxyl groups is 2. The number of aliphatic hydroxyl groups excluding tert-OH is 1. The predicted molar refractivity (Wildman–Crippen MR) is 84.9 cm³/mol. The van der Waals surface area contributed by atoms with Crippen molar-refractivity contribution in [2.75, 3.05) is 59.5 Å². The topological polar surface area (TPSA) is 77.4 Å². The van der Waals surface area contributed by atoms with Crippen LogP contribution in [0.5, 0.6) is 0 Å². The zero-order valence-corrected chi connectivity index (χ0v) is 13.4. The van der Waals surface area contributed by atoms with Gasteiger partial charge in [0.1, 0.15) is 0 Å². The summed E-state index contributed by atoms with van der Waals surface area (Å²) in [5, 5.41) is 18.7. The molecule has 0 amide bonds. The molecule has 22 heavy (non-hydrogen) atoms. The van der Waals surface area contributed by atoms with Gasteiger partial charge in [0.2, 0.25) is 0 Å². The molecule has 0 radical (unpaired) electrons. The molecule has 0 aromatic heterocycles. The zero-order valence-electron chi connectivity index (χ0n) is 13.4. The van der Waals surface area contributed by atoms with E-state index in [1.165, 1.54) is 0 Å². The van der Waals surface area contributed by atoms with E-state index in [1.807, 2.05) is 0 Å². The minimum atomic E-state index is -0.929. The van der Waals surface area contributed by atoms with Crippen LogP contribution in [-0.2, 0) is 18.9 Å². The number of hydrogen-bond acceptors (Lipinski definition) is 6. The van der Waals surface area contributed by atoms with Crippen LogP contribution in [0.1, 0.15) is 12.8 Å². The van der Waals surface area contributed by atoms with Crippen molar-refractivity contribution in [3.63, 3.8) is 0 Å². The second-order valence-corrected chi connectivity index (χ2v) is 4.82. The van der Waals surface area contributed by atoms with Crippen LogP contribution >= 0.6 is 0 Å². The molecular weight excluding hydrogens is 288 g/mol. The van der Waals surface area contributed by atoms with Gasteiger partial charge in [-0.2, -0.15) is 0 Å². The first-order chi connectivity index (χ1) is 10.7. The van der Waals surface area contributed by atoms with Gasteiger partial charge in [0, 0.05) is 0 Å². The molecule has 0 saturated carbocycles. The van der Waals surface area contributed by atoms with Gasteiger partial charge in [-0.1, -0.05) is 12.2 Å². The second kappa shape index (κ2) is 15.1. The lowest BCUT2D eigenvalue weighted by Crippen LogP contribution is -2.34. The Hall–Kier alpha value is -0.760. The van der Waals surface area contributed by atoms with Gasteiger partial charge in [0.25, 0.3) is 0 Å². The summed E-state index contributed by atoms with van der Waals surface area (Å²) in [4.78, 5) is 0. The quantitative estimate of drug-likeness (QED) is 0.307. The minimum absolute atomic E-state index is 0.0256. The van der Waals surface area contributed by atoms with Crippen molar-refractivity contribution in [1.29, 1.82) is 0 Å². The van der Waals surface area contributed by atoms with Gasteiger partial charge < -0.3 is 29.2 Å². The standard InChI is InChI=1S/C16H30O6/c1-3-5-16(18,6-4-2)15-22-14-13-21-12-11-20-10-9-19-8-7-17/h3-4,17-18H,1-2,5-15H2. The molecule has 6 heteroatoms. The van der Waals surface area contributed by atoms with Gasteiger partial charge >= 0.3 is 0 Å². The fourth-order valence-corrected chi connectivity index (χ4v) is 1.72. The first-order valence-electron chi connectivity index (χ1n) is 7.54. The molecular formula is C16H30O6. The summed E-state index contributed by atoms with van der Waals surface area (Å²) in [5.74, 6) is 0. The van der Waals surface area contributed by atoms with Gasteiger partial charge in [0.05, 0.1) is 65.1 Å². The number of rotatable bonds is 17. The molecule has 0 saturated heterocycles. The van der Waals surface area contributed by atoms with Crippen LogP contribution in [-0.4, -0.2) is 75.3 Å². The Morgan fingerprint density at radius 3 is 1.55 bits per heavy atom. The number of hydrogen-bond donors (Lipinski definition) is 2. The Kier molecular flexibility index (Phi) is 14.6. The van der Waals surface area contributed by atoms with Crippen LogP contribution in [0.3, 0.4) is 0 Å². The molecule has 0 bridgehead atoms. The van der Waals surface area contributed by atoms with Gasteiger partial charge in [0.15, 0.2) is 0 Å². The van der Waals surface area contributed by atoms with E-state index in [0.29, 0.717) is 59.1 Å². The summed E-state index contributed by atoms with van der Waals surface area (Å²) >= 11 is 0. The molecule has 0 atom stereocenters. The number of ether oxygens (including phenoxy) is 4. The minimum Gasteiger partial charge on any atom is -0.394 e. The Balaban J connectivity index is 3.38. The van der Waals surface area contributed by atoms with Crippen molar-refractivity contribution >= 4 is 0 Å². The summed E-state index contributed by atoms with van der Waals surface area (Å²) in [5.41, 5.74) is -0.929. The predicted octanol–water partition coefficient (Wildman–Crippen LogP) is 0.928.